The van der Waals surface area contributed by atoms with E-state index in [4.69, 9.17) is 0 Å². The highest BCUT2D eigenvalue weighted by atomic mass is 15.1. The summed E-state index contributed by atoms with van der Waals surface area (Å²) in [7, 11) is 0. The van der Waals surface area contributed by atoms with E-state index in [-0.39, 0.29) is 0 Å². The molecule has 1 fully saturated rings. The van der Waals surface area contributed by atoms with Crippen LogP contribution in [0.5, 0.6) is 0 Å². The van der Waals surface area contributed by atoms with Gasteiger partial charge in [-0.1, -0.05) is 38.5 Å². The topological polar surface area (TPSA) is 15.3 Å². The zero-order valence-electron chi connectivity index (χ0n) is 13.4. The fourth-order valence-corrected chi connectivity index (χ4v) is 3.06. The third-order valence-electron chi connectivity index (χ3n) is 4.53. The van der Waals surface area contributed by atoms with Gasteiger partial charge in [0, 0.05) is 31.4 Å². The molecule has 1 N–H and O–H groups in total. The molecule has 20 heavy (non-hydrogen) atoms. The lowest BCUT2D eigenvalue weighted by Gasteiger charge is -2.23. The van der Waals surface area contributed by atoms with E-state index in [1.807, 2.05) is 0 Å². The van der Waals surface area contributed by atoms with Crippen LogP contribution in [0.1, 0.15) is 52.0 Å². The number of anilines is 1. The minimum Gasteiger partial charge on any atom is -0.371 e. The highest BCUT2D eigenvalue weighted by molar-refractivity contribution is 5.54. The molecular weight excluding hydrogens is 244 g/mol. The lowest BCUT2D eigenvalue weighted by molar-refractivity contribution is 0.412. The highest BCUT2D eigenvalue weighted by Gasteiger charge is 2.15. The number of nitrogens with zero attached hydrogens (tertiary/aromatic N) is 1. The lowest BCUT2D eigenvalue weighted by Crippen LogP contribution is -2.28. The first-order valence-corrected chi connectivity index (χ1v) is 8.27. The molecule has 0 radical (unpaired) electrons. The van der Waals surface area contributed by atoms with Crippen LogP contribution in [0.15, 0.2) is 24.3 Å². The van der Waals surface area contributed by atoms with Gasteiger partial charge in [-0.05, 0) is 43.7 Å². The maximum Gasteiger partial charge on any atom is 0.0411 e. The van der Waals surface area contributed by atoms with Crippen molar-refractivity contribution >= 4 is 5.69 Å². The first kappa shape index (κ1) is 15.4. The van der Waals surface area contributed by atoms with Gasteiger partial charge in [0.2, 0.25) is 0 Å². The number of benzene rings is 1. The van der Waals surface area contributed by atoms with E-state index < -0.39 is 0 Å². The second-order valence-corrected chi connectivity index (χ2v) is 6.35. The van der Waals surface area contributed by atoms with E-state index in [9.17, 15) is 0 Å². The van der Waals surface area contributed by atoms with Crippen LogP contribution in [-0.4, -0.2) is 19.1 Å². The Hall–Kier alpha value is -1.02. The summed E-state index contributed by atoms with van der Waals surface area (Å²) in [5.74, 6) is 0.811. The van der Waals surface area contributed by atoms with Crippen LogP contribution in [-0.2, 0) is 6.54 Å². The summed E-state index contributed by atoms with van der Waals surface area (Å²) < 4.78 is 0. The Morgan fingerprint density at radius 2 is 1.85 bits per heavy atom. The molecule has 0 bridgehead atoms. The average Bonchev–Trinajstić information content (AvgIpc) is 2.99. The third-order valence-corrected chi connectivity index (χ3v) is 4.53. The van der Waals surface area contributed by atoms with Crippen molar-refractivity contribution < 1.29 is 0 Å². The summed E-state index contributed by atoms with van der Waals surface area (Å²) in [6.45, 7) is 10.4. The summed E-state index contributed by atoms with van der Waals surface area (Å²) in [5.41, 5.74) is 2.89. The molecule has 1 heterocycles. The number of hydrogen-bond acceptors (Lipinski definition) is 2. The van der Waals surface area contributed by atoms with Crippen LogP contribution < -0.4 is 10.2 Å². The molecule has 0 spiro atoms. The molecule has 1 saturated heterocycles. The van der Waals surface area contributed by atoms with Crippen LogP contribution in [0.3, 0.4) is 0 Å². The Balaban J connectivity index is 1.92. The first-order chi connectivity index (χ1) is 9.70. The van der Waals surface area contributed by atoms with Crippen LogP contribution in [0.25, 0.3) is 0 Å². The largest absolute Gasteiger partial charge is 0.371 e. The number of hydrogen-bond donors (Lipinski definition) is 1. The normalized spacial score (nSPS) is 18.2. The van der Waals surface area contributed by atoms with Crippen LogP contribution in [0, 0.1) is 5.92 Å². The van der Waals surface area contributed by atoms with Gasteiger partial charge in [0.05, 0.1) is 0 Å². The molecule has 2 atom stereocenters. The van der Waals surface area contributed by atoms with Gasteiger partial charge < -0.3 is 10.2 Å². The second-order valence-electron chi connectivity index (χ2n) is 6.35. The molecule has 2 heteroatoms. The minimum absolute atomic E-state index is 0.594. The van der Waals surface area contributed by atoms with E-state index in [0.717, 1.165) is 12.5 Å². The van der Waals surface area contributed by atoms with Crippen LogP contribution in [0.4, 0.5) is 5.69 Å². The van der Waals surface area contributed by atoms with Gasteiger partial charge in [0.25, 0.3) is 0 Å². The molecular formula is C18H30N2. The summed E-state index contributed by atoms with van der Waals surface area (Å²) in [5, 5.41) is 3.70. The third kappa shape index (κ3) is 4.24. The Labute approximate surface area is 124 Å². The van der Waals surface area contributed by atoms with Crippen molar-refractivity contribution in [2.75, 3.05) is 18.0 Å². The summed E-state index contributed by atoms with van der Waals surface area (Å²) >= 11 is 0. The quantitative estimate of drug-likeness (QED) is 0.801. The van der Waals surface area contributed by atoms with Crippen molar-refractivity contribution in [3.05, 3.63) is 29.8 Å². The predicted octanol–water partition coefficient (Wildman–Crippen LogP) is 4.20. The van der Waals surface area contributed by atoms with E-state index in [2.05, 4.69) is 55.3 Å². The molecule has 0 aromatic heterocycles. The van der Waals surface area contributed by atoms with Gasteiger partial charge in [0.15, 0.2) is 0 Å². The van der Waals surface area contributed by atoms with Crippen molar-refractivity contribution in [3.8, 4) is 0 Å². The van der Waals surface area contributed by atoms with E-state index in [1.165, 1.54) is 50.0 Å². The average molecular weight is 274 g/mol. The molecule has 112 valence electrons. The van der Waals surface area contributed by atoms with Crippen molar-refractivity contribution in [2.24, 2.45) is 5.92 Å². The minimum atomic E-state index is 0.594. The molecule has 2 unspecified atom stereocenters. The number of nitrogens with one attached hydrogen (secondary N) is 1. The van der Waals surface area contributed by atoms with Gasteiger partial charge in [-0.15, -0.1) is 0 Å². The molecule has 1 aliphatic rings. The van der Waals surface area contributed by atoms with E-state index in [1.54, 1.807) is 0 Å². The molecule has 1 aromatic carbocycles. The molecule has 2 rings (SSSR count). The SMILES string of the molecule is CCC(C)CC(C)NCc1ccccc1N1CCCC1. The summed E-state index contributed by atoms with van der Waals surface area (Å²) in [6, 6.07) is 9.48. The van der Waals surface area contributed by atoms with Gasteiger partial charge in [-0.3, -0.25) is 0 Å². The summed E-state index contributed by atoms with van der Waals surface area (Å²) in [4.78, 5) is 2.54. The van der Waals surface area contributed by atoms with Crippen LogP contribution in [0.2, 0.25) is 0 Å². The van der Waals surface area contributed by atoms with Gasteiger partial charge in [0.1, 0.15) is 0 Å². The zero-order valence-corrected chi connectivity index (χ0v) is 13.4. The summed E-state index contributed by atoms with van der Waals surface area (Å²) in [6.07, 6.45) is 5.22. The van der Waals surface area contributed by atoms with Crippen LogP contribution >= 0.6 is 0 Å². The fraction of sp³-hybridized carbons (Fsp3) is 0.667. The van der Waals surface area contributed by atoms with E-state index >= 15 is 0 Å². The molecule has 1 aromatic rings. The van der Waals surface area contributed by atoms with Gasteiger partial charge >= 0.3 is 0 Å². The molecule has 2 nitrogen and oxygen atoms in total. The first-order valence-electron chi connectivity index (χ1n) is 8.27. The zero-order chi connectivity index (χ0) is 14.4. The van der Waals surface area contributed by atoms with Crippen molar-refractivity contribution in [1.29, 1.82) is 0 Å². The molecule has 0 saturated carbocycles. The highest BCUT2D eigenvalue weighted by Crippen LogP contribution is 2.24. The lowest BCUT2D eigenvalue weighted by atomic mass is 10.00. The Kier molecular flexibility index (Phi) is 5.90. The van der Waals surface area contributed by atoms with Crippen molar-refractivity contribution in [2.45, 2.75) is 59.0 Å². The maximum atomic E-state index is 3.70. The Bertz CT molecular complexity index is 396. The van der Waals surface area contributed by atoms with E-state index in [0.29, 0.717) is 6.04 Å². The molecule has 0 amide bonds. The smallest absolute Gasteiger partial charge is 0.0411 e. The van der Waals surface area contributed by atoms with Crippen molar-refractivity contribution in [1.82, 2.24) is 5.32 Å². The van der Waals surface area contributed by atoms with Crippen molar-refractivity contribution in [3.63, 3.8) is 0 Å². The fourth-order valence-electron chi connectivity index (χ4n) is 3.06. The number of rotatable bonds is 7. The Morgan fingerprint density at radius 1 is 1.15 bits per heavy atom. The number of para-hydroxylation sites is 1. The second kappa shape index (κ2) is 7.68. The predicted molar refractivity (Wildman–Crippen MR) is 88.3 cm³/mol. The Morgan fingerprint density at radius 3 is 2.55 bits per heavy atom. The monoisotopic (exact) mass is 274 g/mol. The standard InChI is InChI=1S/C18H30N2/c1-4-15(2)13-16(3)19-14-17-9-5-6-10-18(17)20-11-7-8-12-20/h5-6,9-10,15-16,19H,4,7-8,11-14H2,1-3H3. The molecule has 0 aliphatic carbocycles. The van der Waals surface area contributed by atoms with Gasteiger partial charge in [-0.2, -0.15) is 0 Å². The van der Waals surface area contributed by atoms with Gasteiger partial charge in [-0.25, -0.2) is 0 Å². The molecule has 1 aliphatic heterocycles. The maximum absolute atomic E-state index is 3.70.